The minimum atomic E-state index is -0.921. The van der Waals surface area contributed by atoms with Gasteiger partial charge in [-0.1, -0.05) is 25.7 Å². The van der Waals surface area contributed by atoms with Gasteiger partial charge in [-0.25, -0.2) is 4.79 Å². The average molecular weight is 369 g/mol. The van der Waals surface area contributed by atoms with Gasteiger partial charge >= 0.3 is 5.97 Å². The fraction of sp³-hybridized carbons (Fsp3) is 0.455. The van der Waals surface area contributed by atoms with Crippen LogP contribution in [0.1, 0.15) is 55.6 Å². The largest absolute Gasteiger partial charge is 0.497 e. The van der Waals surface area contributed by atoms with Crippen LogP contribution >= 0.6 is 0 Å². The summed E-state index contributed by atoms with van der Waals surface area (Å²) < 4.78 is 11.3. The molecule has 0 unspecified atom stereocenters. The summed E-state index contributed by atoms with van der Waals surface area (Å²) in [6.07, 6.45) is 5.46. The van der Waals surface area contributed by atoms with Gasteiger partial charge in [0.2, 0.25) is 0 Å². The van der Waals surface area contributed by atoms with Crippen molar-refractivity contribution in [3.05, 3.63) is 41.6 Å². The summed E-state index contributed by atoms with van der Waals surface area (Å²) in [6, 6.07) is 9.05. The third-order valence-corrected chi connectivity index (χ3v) is 4.99. The first-order chi connectivity index (χ1) is 13.0. The average Bonchev–Trinajstić information content (AvgIpc) is 3.14. The number of carboxylic acids is 1. The standard InChI is InChI=1S/C22H27NO4/c1-14(2)27-21-13-16(26-3)8-9-17(21)19-11-10-18(22(24)25)20(23-19)12-15-6-4-5-7-15/h8-11,13-15H,4-7,12H2,1-3H3,(H,24,25). The van der Waals surface area contributed by atoms with E-state index in [-0.39, 0.29) is 6.10 Å². The summed E-state index contributed by atoms with van der Waals surface area (Å²) in [6.45, 7) is 3.94. The van der Waals surface area contributed by atoms with E-state index in [1.165, 1.54) is 12.8 Å². The van der Waals surface area contributed by atoms with Gasteiger partial charge in [0.05, 0.1) is 30.2 Å². The Morgan fingerprint density at radius 2 is 1.96 bits per heavy atom. The predicted molar refractivity (Wildman–Crippen MR) is 105 cm³/mol. The molecule has 1 heterocycles. The normalized spacial score (nSPS) is 14.5. The van der Waals surface area contributed by atoms with E-state index in [1.807, 2.05) is 32.0 Å². The van der Waals surface area contributed by atoms with E-state index in [1.54, 1.807) is 19.2 Å². The van der Waals surface area contributed by atoms with Crippen molar-refractivity contribution in [3.8, 4) is 22.8 Å². The molecule has 1 aliphatic rings. The monoisotopic (exact) mass is 369 g/mol. The number of hydrogen-bond donors (Lipinski definition) is 1. The number of pyridine rings is 1. The summed E-state index contributed by atoms with van der Waals surface area (Å²) >= 11 is 0. The number of rotatable bonds is 7. The maximum absolute atomic E-state index is 11.7. The number of carboxylic acid groups (broad SMARTS) is 1. The van der Waals surface area contributed by atoms with Gasteiger partial charge in [0, 0.05) is 11.6 Å². The van der Waals surface area contributed by atoms with E-state index in [4.69, 9.17) is 14.5 Å². The Labute approximate surface area is 160 Å². The van der Waals surface area contributed by atoms with Crippen molar-refractivity contribution in [2.75, 3.05) is 7.11 Å². The van der Waals surface area contributed by atoms with E-state index in [9.17, 15) is 9.90 Å². The molecular formula is C22H27NO4. The Bertz CT molecular complexity index is 810. The van der Waals surface area contributed by atoms with Crippen molar-refractivity contribution < 1.29 is 19.4 Å². The van der Waals surface area contributed by atoms with Crippen LogP contribution in [0.15, 0.2) is 30.3 Å². The van der Waals surface area contributed by atoms with Crippen LogP contribution in [-0.2, 0) is 6.42 Å². The molecule has 5 nitrogen and oxygen atoms in total. The zero-order valence-electron chi connectivity index (χ0n) is 16.2. The maximum atomic E-state index is 11.7. The summed E-state index contributed by atoms with van der Waals surface area (Å²) in [5.41, 5.74) is 2.53. The quantitative estimate of drug-likeness (QED) is 0.746. The Morgan fingerprint density at radius 3 is 2.59 bits per heavy atom. The van der Waals surface area contributed by atoms with Crippen LogP contribution < -0.4 is 9.47 Å². The lowest BCUT2D eigenvalue weighted by Crippen LogP contribution is -2.11. The second kappa shape index (κ2) is 8.42. The Morgan fingerprint density at radius 1 is 1.22 bits per heavy atom. The van der Waals surface area contributed by atoms with Crippen LogP contribution in [-0.4, -0.2) is 29.3 Å². The van der Waals surface area contributed by atoms with E-state index < -0.39 is 5.97 Å². The molecule has 0 spiro atoms. The SMILES string of the molecule is COc1ccc(-c2ccc(C(=O)O)c(CC3CCCC3)n2)c(OC(C)C)c1. The number of methoxy groups -OCH3 is 1. The molecule has 0 amide bonds. The molecule has 0 bridgehead atoms. The lowest BCUT2D eigenvalue weighted by atomic mass is 9.97. The molecule has 1 aromatic heterocycles. The molecule has 1 aliphatic carbocycles. The highest BCUT2D eigenvalue weighted by Crippen LogP contribution is 2.35. The van der Waals surface area contributed by atoms with Crippen molar-refractivity contribution in [1.29, 1.82) is 0 Å². The third-order valence-electron chi connectivity index (χ3n) is 4.99. The van der Waals surface area contributed by atoms with Gasteiger partial charge in [-0.3, -0.25) is 4.98 Å². The van der Waals surface area contributed by atoms with E-state index >= 15 is 0 Å². The van der Waals surface area contributed by atoms with Crippen LogP contribution in [0.3, 0.4) is 0 Å². The van der Waals surface area contributed by atoms with Crippen molar-refractivity contribution in [1.82, 2.24) is 4.98 Å². The molecule has 27 heavy (non-hydrogen) atoms. The fourth-order valence-electron chi connectivity index (χ4n) is 3.68. The van der Waals surface area contributed by atoms with Crippen LogP contribution in [0, 0.1) is 5.92 Å². The van der Waals surface area contributed by atoms with Gasteiger partial charge in [0.25, 0.3) is 0 Å². The van der Waals surface area contributed by atoms with E-state index in [0.717, 1.165) is 24.1 Å². The van der Waals surface area contributed by atoms with Crippen LogP contribution in [0.25, 0.3) is 11.3 Å². The summed E-state index contributed by atoms with van der Waals surface area (Å²) in [7, 11) is 1.62. The van der Waals surface area contributed by atoms with Crippen molar-refractivity contribution >= 4 is 5.97 Å². The number of aromatic nitrogens is 1. The second-order valence-corrected chi connectivity index (χ2v) is 7.38. The Hall–Kier alpha value is -2.56. The molecular weight excluding hydrogens is 342 g/mol. The van der Waals surface area contributed by atoms with Crippen molar-refractivity contribution in [3.63, 3.8) is 0 Å². The van der Waals surface area contributed by atoms with Gasteiger partial charge in [-0.15, -0.1) is 0 Å². The lowest BCUT2D eigenvalue weighted by Gasteiger charge is -2.17. The van der Waals surface area contributed by atoms with Crippen LogP contribution in [0.4, 0.5) is 0 Å². The Kier molecular flexibility index (Phi) is 5.99. The number of hydrogen-bond acceptors (Lipinski definition) is 4. The second-order valence-electron chi connectivity index (χ2n) is 7.38. The molecule has 144 valence electrons. The first-order valence-electron chi connectivity index (χ1n) is 9.56. The third kappa shape index (κ3) is 4.59. The van der Waals surface area contributed by atoms with Gasteiger partial charge < -0.3 is 14.6 Å². The zero-order valence-corrected chi connectivity index (χ0v) is 16.2. The highest BCUT2D eigenvalue weighted by molar-refractivity contribution is 5.89. The highest BCUT2D eigenvalue weighted by atomic mass is 16.5. The molecule has 2 aromatic rings. The number of aromatic carboxylic acids is 1. The van der Waals surface area contributed by atoms with Gasteiger partial charge in [0.15, 0.2) is 0 Å². The predicted octanol–water partition coefficient (Wildman–Crippen LogP) is 4.98. The molecule has 0 saturated heterocycles. The minimum absolute atomic E-state index is 0.00658. The van der Waals surface area contributed by atoms with Gasteiger partial charge in [-0.05, 0) is 50.5 Å². The number of nitrogens with zero attached hydrogens (tertiary/aromatic N) is 1. The molecule has 0 aliphatic heterocycles. The summed E-state index contributed by atoms with van der Waals surface area (Å²) in [4.78, 5) is 16.4. The van der Waals surface area contributed by atoms with Gasteiger partial charge in [0.1, 0.15) is 11.5 Å². The van der Waals surface area contributed by atoms with E-state index in [2.05, 4.69) is 0 Å². The smallest absolute Gasteiger partial charge is 0.337 e. The molecule has 1 aromatic carbocycles. The topological polar surface area (TPSA) is 68.7 Å². The summed E-state index contributed by atoms with van der Waals surface area (Å²) in [5.74, 6) is 0.998. The maximum Gasteiger partial charge on any atom is 0.337 e. The lowest BCUT2D eigenvalue weighted by molar-refractivity contribution is 0.0695. The number of ether oxygens (including phenoxy) is 2. The van der Waals surface area contributed by atoms with Crippen molar-refractivity contribution in [2.45, 2.75) is 52.1 Å². The molecule has 0 radical (unpaired) electrons. The molecule has 5 heteroatoms. The first kappa shape index (κ1) is 19.2. The molecule has 3 rings (SSSR count). The first-order valence-corrected chi connectivity index (χ1v) is 9.56. The molecule has 1 fully saturated rings. The van der Waals surface area contributed by atoms with Crippen molar-refractivity contribution in [2.24, 2.45) is 5.92 Å². The Balaban J connectivity index is 2.02. The molecule has 1 saturated carbocycles. The number of carbonyl (C=O) groups is 1. The fourth-order valence-corrected chi connectivity index (χ4v) is 3.68. The highest BCUT2D eigenvalue weighted by Gasteiger charge is 2.21. The minimum Gasteiger partial charge on any atom is -0.497 e. The van der Waals surface area contributed by atoms with Gasteiger partial charge in [-0.2, -0.15) is 0 Å². The van der Waals surface area contributed by atoms with Crippen LogP contribution in [0.2, 0.25) is 0 Å². The number of benzene rings is 1. The van der Waals surface area contributed by atoms with E-state index in [0.29, 0.717) is 35.1 Å². The molecule has 1 N–H and O–H groups in total. The zero-order chi connectivity index (χ0) is 19.4. The molecule has 0 atom stereocenters. The van der Waals surface area contributed by atoms with Crippen LogP contribution in [0.5, 0.6) is 11.5 Å². The summed E-state index contributed by atoms with van der Waals surface area (Å²) in [5, 5.41) is 9.56.